The third-order valence-corrected chi connectivity index (χ3v) is 6.00. The van der Waals surface area contributed by atoms with Gasteiger partial charge < -0.3 is 10.2 Å². The number of benzene rings is 2. The van der Waals surface area contributed by atoms with Crippen molar-refractivity contribution in [3.8, 4) is 0 Å². The van der Waals surface area contributed by atoms with Gasteiger partial charge in [0.1, 0.15) is 5.82 Å². The molecular formula is C24H26ClFN4O. The van der Waals surface area contributed by atoms with Crippen LogP contribution in [0, 0.1) is 5.82 Å². The monoisotopic (exact) mass is 440 g/mol. The Labute approximate surface area is 186 Å². The van der Waals surface area contributed by atoms with E-state index in [1.165, 1.54) is 6.07 Å². The van der Waals surface area contributed by atoms with Gasteiger partial charge in [-0.25, -0.2) is 4.39 Å². The van der Waals surface area contributed by atoms with Crippen molar-refractivity contribution in [1.82, 2.24) is 9.88 Å². The number of aromatic nitrogens is 1. The molecule has 7 heteroatoms. The van der Waals surface area contributed by atoms with Gasteiger partial charge in [-0.2, -0.15) is 0 Å². The summed E-state index contributed by atoms with van der Waals surface area (Å²) >= 11 is 5.94. The lowest BCUT2D eigenvalue weighted by Crippen LogP contribution is -2.54. The Bertz CT molecular complexity index is 1050. The molecule has 0 aliphatic carbocycles. The summed E-state index contributed by atoms with van der Waals surface area (Å²) in [6.07, 6.45) is 3.48. The average molecular weight is 441 g/mol. The summed E-state index contributed by atoms with van der Waals surface area (Å²) in [5, 5.41) is 4.48. The molecule has 1 saturated heterocycles. The second-order valence-corrected chi connectivity index (χ2v) is 8.25. The van der Waals surface area contributed by atoms with Gasteiger partial charge in [0.2, 0.25) is 5.91 Å². The lowest BCUT2D eigenvalue weighted by molar-refractivity contribution is -0.121. The van der Waals surface area contributed by atoms with Crippen LogP contribution in [0.5, 0.6) is 0 Å². The third kappa shape index (κ3) is 4.97. The highest BCUT2D eigenvalue weighted by Crippen LogP contribution is 2.27. The molecule has 1 N–H and O–H groups in total. The maximum absolute atomic E-state index is 13.8. The van der Waals surface area contributed by atoms with E-state index in [1.807, 2.05) is 18.2 Å². The van der Waals surface area contributed by atoms with Crippen LogP contribution in [0.2, 0.25) is 5.02 Å². The number of nitrogens with one attached hydrogen (secondary N) is 1. The first-order valence-corrected chi connectivity index (χ1v) is 11.0. The van der Waals surface area contributed by atoms with Crippen LogP contribution < -0.4 is 10.2 Å². The van der Waals surface area contributed by atoms with E-state index < -0.39 is 0 Å². The fourth-order valence-electron chi connectivity index (χ4n) is 4.17. The molecule has 162 valence electrons. The van der Waals surface area contributed by atoms with Crippen molar-refractivity contribution in [3.63, 3.8) is 0 Å². The zero-order chi connectivity index (χ0) is 21.8. The van der Waals surface area contributed by atoms with Crippen LogP contribution in [-0.4, -0.2) is 48.0 Å². The van der Waals surface area contributed by atoms with Crippen LogP contribution >= 0.6 is 11.6 Å². The standard InChI is InChI=1S/C24H26ClFN4O/c1-2-3-23(24(31)28-19-7-4-17(25)5-8-19)30-14-12-29(13-15-30)22-10-11-27-21-9-6-18(26)16-20(21)22/h4-11,16,23H,2-3,12-15H2,1H3,(H,28,31). The van der Waals surface area contributed by atoms with Crippen LogP contribution in [0.1, 0.15) is 19.8 Å². The molecule has 0 saturated carbocycles. The number of fused-ring (bicyclic) bond motifs is 1. The number of hydrogen-bond donors (Lipinski definition) is 1. The fraction of sp³-hybridized carbons (Fsp3) is 0.333. The minimum absolute atomic E-state index is 0.00838. The molecule has 2 aromatic carbocycles. The summed E-state index contributed by atoms with van der Waals surface area (Å²) in [7, 11) is 0. The number of nitrogens with zero attached hydrogens (tertiary/aromatic N) is 3. The molecule has 1 unspecified atom stereocenters. The zero-order valence-corrected chi connectivity index (χ0v) is 18.3. The molecule has 31 heavy (non-hydrogen) atoms. The molecule has 1 aromatic heterocycles. The van der Waals surface area contributed by atoms with Gasteiger partial charge in [0.05, 0.1) is 11.6 Å². The highest BCUT2D eigenvalue weighted by atomic mass is 35.5. The molecule has 5 nitrogen and oxygen atoms in total. The quantitative estimate of drug-likeness (QED) is 0.588. The molecular weight excluding hydrogens is 415 g/mol. The maximum atomic E-state index is 13.8. The maximum Gasteiger partial charge on any atom is 0.241 e. The first-order valence-electron chi connectivity index (χ1n) is 10.6. The predicted molar refractivity (Wildman–Crippen MR) is 124 cm³/mol. The molecule has 1 aliphatic heterocycles. The van der Waals surface area contributed by atoms with Crippen molar-refractivity contribution in [3.05, 3.63) is 65.6 Å². The third-order valence-electron chi connectivity index (χ3n) is 5.75. The lowest BCUT2D eigenvalue weighted by Gasteiger charge is -2.40. The number of halogens is 2. The predicted octanol–water partition coefficient (Wildman–Crippen LogP) is 4.96. The van der Waals surface area contributed by atoms with E-state index in [0.29, 0.717) is 5.02 Å². The van der Waals surface area contributed by atoms with Gasteiger partial charge in [0.15, 0.2) is 0 Å². The van der Waals surface area contributed by atoms with Crippen LogP contribution in [0.4, 0.5) is 15.8 Å². The van der Waals surface area contributed by atoms with Crippen molar-refractivity contribution < 1.29 is 9.18 Å². The minimum atomic E-state index is -0.262. The number of hydrogen-bond acceptors (Lipinski definition) is 4. The number of amides is 1. The molecule has 3 aromatic rings. The van der Waals surface area contributed by atoms with Crippen LogP contribution in [0.25, 0.3) is 10.9 Å². The van der Waals surface area contributed by atoms with E-state index in [4.69, 9.17) is 11.6 Å². The molecule has 1 atom stereocenters. The molecule has 1 amide bonds. The van der Waals surface area contributed by atoms with Gasteiger partial charge in [-0.1, -0.05) is 24.9 Å². The summed E-state index contributed by atoms with van der Waals surface area (Å²) in [4.78, 5) is 21.8. The second kappa shape index (κ2) is 9.62. The first-order chi connectivity index (χ1) is 15.0. The van der Waals surface area contributed by atoms with E-state index in [-0.39, 0.29) is 17.8 Å². The van der Waals surface area contributed by atoms with Gasteiger partial charge in [-0.15, -0.1) is 0 Å². The van der Waals surface area contributed by atoms with E-state index in [1.54, 1.807) is 30.5 Å². The first kappa shape index (κ1) is 21.5. The summed E-state index contributed by atoms with van der Waals surface area (Å²) in [6.45, 7) is 5.15. The van der Waals surface area contributed by atoms with Gasteiger partial charge in [0, 0.05) is 54.2 Å². The van der Waals surface area contributed by atoms with E-state index in [9.17, 15) is 9.18 Å². The van der Waals surface area contributed by atoms with Gasteiger partial charge in [-0.05, 0) is 55.0 Å². The Morgan fingerprint density at radius 3 is 2.58 bits per heavy atom. The van der Waals surface area contributed by atoms with Gasteiger partial charge >= 0.3 is 0 Å². The summed E-state index contributed by atoms with van der Waals surface area (Å²) in [5.41, 5.74) is 2.52. The van der Waals surface area contributed by atoms with Crippen molar-refractivity contribution in [2.24, 2.45) is 0 Å². The number of piperazine rings is 1. The smallest absolute Gasteiger partial charge is 0.241 e. The Morgan fingerprint density at radius 2 is 1.87 bits per heavy atom. The highest BCUT2D eigenvalue weighted by Gasteiger charge is 2.29. The average Bonchev–Trinajstić information content (AvgIpc) is 2.78. The Kier molecular flexibility index (Phi) is 6.68. The Hall–Kier alpha value is -2.70. The lowest BCUT2D eigenvalue weighted by atomic mass is 10.1. The normalized spacial score (nSPS) is 15.8. The number of carbonyl (C=O) groups is 1. The number of anilines is 2. The largest absolute Gasteiger partial charge is 0.368 e. The molecule has 0 spiro atoms. The Balaban J connectivity index is 1.45. The fourth-order valence-corrected chi connectivity index (χ4v) is 4.29. The number of rotatable bonds is 6. The topological polar surface area (TPSA) is 48.5 Å². The van der Waals surface area contributed by atoms with Crippen LogP contribution in [0.3, 0.4) is 0 Å². The summed E-state index contributed by atoms with van der Waals surface area (Å²) < 4.78 is 13.8. The second-order valence-electron chi connectivity index (χ2n) is 7.82. The SMILES string of the molecule is CCCC(C(=O)Nc1ccc(Cl)cc1)N1CCN(c2ccnc3ccc(F)cc23)CC1. The van der Waals surface area contributed by atoms with E-state index >= 15 is 0 Å². The molecule has 0 radical (unpaired) electrons. The summed E-state index contributed by atoms with van der Waals surface area (Å²) in [6, 6.07) is 13.6. The highest BCUT2D eigenvalue weighted by molar-refractivity contribution is 6.30. The van der Waals surface area contributed by atoms with Crippen molar-refractivity contribution >= 4 is 39.8 Å². The Morgan fingerprint density at radius 1 is 1.13 bits per heavy atom. The van der Waals surface area contributed by atoms with Crippen molar-refractivity contribution in [1.29, 1.82) is 0 Å². The molecule has 0 bridgehead atoms. The van der Waals surface area contributed by atoms with Crippen LogP contribution in [0.15, 0.2) is 54.7 Å². The molecule has 4 rings (SSSR count). The molecule has 1 aliphatic rings. The molecule has 2 heterocycles. The van der Waals surface area contributed by atoms with Crippen molar-refractivity contribution in [2.75, 3.05) is 36.4 Å². The number of carbonyl (C=O) groups excluding carboxylic acids is 1. The summed E-state index contributed by atoms with van der Waals surface area (Å²) in [5.74, 6) is -0.253. The molecule has 1 fully saturated rings. The van der Waals surface area contributed by atoms with E-state index in [2.05, 4.69) is 27.0 Å². The van der Waals surface area contributed by atoms with Crippen molar-refractivity contribution in [2.45, 2.75) is 25.8 Å². The van der Waals surface area contributed by atoms with Gasteiger partial charge in [0.25, 0.3) is 0 Å². The van der Waals surface area contributed by atoms with Gasteiger partial charge in [-0.3, -0.25) is 14.7 Å². The van der Waals surface area contributed by atoms with E-state index in [0.717, 1.165) is 61.3 Å². The zero-order valence-electron chi connectivity index (χ0n) is 17.5. The number of pyridine rings is 1. The minimum Gasteiger partial charge on any atom is -0.368 e. The van der Waals surface area contributed by atoms with Crippen LogP contribution in [-0.2, 0) is 4.79 Å².